The van der Waals surface area contributed by atoms with Gasteiger partial charge in [-0.15, -0.1) is 0 Å². The van der Waals surface area contributed by atoms with Gasteiger partial charge in [0.05, 0.1) is 11.9 Å². The molecule has 1 aliphatic rings. The lowest BCUT2D eigenvalue weighted by molar-refractivity contribution is 0.0842. The quantitative estimate of drug-likeness (QED) is 0.484. The molecule has 0 saturated carbocycles. The molecular formula is C20H18N6O4. The number of hydrogen-bond donors (Lipinski definition) is 4. The third kappa shape index (κ3) is 3.78. The first-order valence-corrected chi connectivity index (χ1v) is 9.13. The normalized spacial score (nSPS) is 13.1. The Balaban J connectivity index is 1.43. The Morgan fingerprint density at radius 3 is 2.47 bits per heavy atom. The van der Waals surface area contributed by atoms with Crippen LogP contribution in [0.15, 0.2) is 60.8 Å². The lowest BCUT2D eigenvalue weighted by atomic mass is 10.2. The molecule has 3 aromatic rings. The molecule has 30 heavy (non-hydrogen) atoms. The molecule has 4 rings (SSSR count). The highest BCUT2D eigenvalue weighted by Gasteiger charge is 2.22. The van der Waals surface area contributed by atoms with E-state index in [1.807, 2.05) is 6.07 Å². The maximum Gasteiger partial charge on any atom is 0.321 e. The van der Waals surface area contributed by atoms with E-state index in [0.717, 1.165) is 0 Å². The summed E-state index contributed by atoms with van der Waals surface area (Å²) in [7, 11) is 0. The van der Waals surface area contributed by atoms with Crippen LogP contribution in [0.4, 0.5) is 10.5 Å². The minimum atomic E-state index is -0.773. The summed E-state index contributed by atoms with van der Waals surface area (Å²) in [6.45, 7) is 1.04. The molecule has 1 aliphatic heterocycles. The van der Waals surface area contributed by atoms with Gasteiger partial charge in [-0.2, -0.15) is 5.10 Å². The van der Waals surface area contributed by atoms with E-state index in [0.29, 0.717) is 24.5 Å². The van der Waals surface area contributed by atoms with Crippen molar-refractivity contribution in [1.29, 1.82) is 0 Å². The molecule has 0 aliphatic carbocycles. The van der Waals surface area contributed by atoms with Crippen LogP contribution in [-0.2, 0) is 0 Å². The van der Waals surface area contributed by atoms with Gasteiger partial charge in [0, 0.05) is 24.3 Å². The van der Waals surface area contributed by atoms with Crippen LogP contribution < -0.4 is 21.1 Å². The van der Waals surface area contributed by atoms with Crippen LogP contribution >= 0.6 is 0 Å². The second-order valence-corrected chi connectivity index (χ2v) is 6.49. The van der Waals surface area contributed by atoms with Crippen LogP contribution in [0.5, 0.6) is 5.75 Å². The molecule has 2 aromatic carbocycles. The fourth-order valence-electron chi connectivity index (χ4n) is 3.02. The number of carbonyl (C=O) groups excluding carboxylic acids is 3. The monoisotopic (exact) mass is 406 g/mol. The summed E-state index contributed by atoms with van der Waals surface area (Å²) < 4.78 is 1.36. The van der Waals surface area contributed by atoms with Crippen LogP contribution in [0.25, 0.3) is 5.69 Å². The minimum Gasteiger partial charge on any atom is -0.504 e. The zero-order valence-corrected chi connectivity index (χ0v) is 15.7. The van der Waals surface area contributed by atoms with Crippen molar-refractivity contribution in [2.75, 3.05) is 18.0 Å². The Bertz CT molecular complexity index is 1110. The van der Waals surface area contributed by atoms with Crippen molar-refractivity contribution < 1.29 is 19.5 Å². The molecule has 10 heteroatoms. The molecule has 0 bridgehead atoms. The number of anilines is 1. The fraction of sp³-hybridized carbons (Fsp3) is 0.100. The zero-order chi connectivity index (χ0) is 21.1. The first-order valence-electron chi connectivity index (χ1n) is 9.13. The number of amides is 4. The number of nitrogens with one attached hydrogen (secondary N) is 3. The highest BCUT2D eigenvalue weighted by Crippen LogP contribution is 2.19. The predicted octanol–water partition coefficient (Wildman–Crippen LogP) is 1.18. The summed E-state index contributed by atoms with van der Waals surface area (Å²) in [6, 6.07) is 15.2. The smallest absolute Gasteiger partial charge is 0.321 e. The van der Waals surface area contributed by atoms with Crippen molar-refractivity contribution in [2.24, 2.45) is 0 Å². The number of hydrazine groups is 1. The second-order valence-electron chi connectivity index (χ2n) is 6.49. The summed E-state index contributed by atoms with van der Waals surface area (Å²) in [4.78, 5) is 38.1. The molecule has 152 valence electrons. The summed E-state index contributed by atoms with van der Waals surface area (Å²) >= 11 is 0. The van der Waals surface area contributed by atoms with Gasteiger partial charge >= 0.3 is 6.03 Å². The number of benzene rings is 2. The fourth-order valence-corrected chi connectivity index (χ4v) is 3.02. The van der Waals surface area contributed by atoms with E-state index in [1.54, 1.807) is 48.5 Å². The van der Waals surface area contributed by atoms with Crippen LogP contribution in [0.3, 0.4) is 0 Å². The number of aromatic hydroxyl groups is 1. The van der Waals surface area contributed by atoms with Gasteiger partial charge in [0.1, 0.15) is 0 Å². The number of carbonyl (C=O) groups is 3. The molecule has 1 fully saturated rings. The van der Waals surface area contributed by atoms with Gasteiger partial charge in [-0.3, -0.25) is 25.3 Å². The minimum absolute atomic E-state index is 0.231. The van der Waals surface area contributed by atoms with Gasteiger partial charge in [-0.05, 0) is 30.3 Å². The van der Waals surface area contributed by atoms with E-state index in [1.165, 1.54) is 15.8 Å². The van der Waals surface area contributed by atoms with Crippen molar-refractivity contribution in [3.05, 3.63) is 72.1 Å². The average molecular weight is 406 g/mol. The molecule has 1 saturated heterocycles. The van der Waals surface area contributed by atoms with E-state index in [9.17, 15) is 19.5 Å². The molecule has 4 amide bonds. The van der Waals surface area contributed by atoms with Crippen LogP contribution in [-0.4, -0.2) is 45.8 Å². The van der Waals surface area contributed by atoms with Gasteiger partial charge < -0.3 is 10.4 Å². The number of rotatable bonds is 4. The molecule has 0 spiro atoms. The third-order valence-electron chi connectivity index (χ3n) is 4.50. The van der Waals surface area contributed by atoms with Crippen molar-refractivity contribution in [1.82, 2.24) is 25.9 Å². The average Bonchev–Trinajstić information content (AvgIpc) is 3.38. The SMILES string of the molecule is O=C(NNC(=O)c1nn(-c2ccccc2)cc1O)c1cccc(N2CCNC2=O)c1. The highest BCUT2D eigenvalue weighted by molar-refractivity contribution is 6.01. The molecule has 4 N–H and O–H groups in total. The highest BCUT2D eigenvalue weighted by atomic mass is 16.3. The Morgan fingerprint density at radius 1 is 1.00 bits per heavy atom. The summed E-state index contributed by atoms with van der Waals surface area (Å²) in [6.07, 6.45) is 1.30. The van der Waals surface area contributed by atoms with E-state index < -0.39 is 11.8 Å². The van der Waals surface area contributed by atoms with E-state index in [4.69, 9.17) is 0 Å². The van der Waals surface area contributed by atoms with E-state index in [2.05, 4.69) is 21.3 Å². The predicted molar refractivity (Wildman–Crippen MR) is 107 cm³/mol. The maximum absolute atomic E-state index is 12.4. The van der Waals surface area contributed by atoms with E-state index in [-0.39, 0.29) is 23.0 Å². The number of para-hydroxylation sites is 1. The van der Waals surface area contributed by atoms with E-state index >= 15 is 0 Å². The van der Waals surface area contributed by atoms with Gasteiger partial charge in [-0.1, -0.05) is 24.3 Å². The lowest BCUT2D eigenvalue weighted by Crippen LogP contribution is -2.42. The summed E-state index contributed by atoms with van der Waals surface area (Å²) in [5, 5.41) is 16.8. The van der Waals surface area contributed by atoms with Gasteiger partial charge in [0.15, 0.2) is 11.4 Å². The Labute approximate surface area is 171 Å². The first kappa shape index (κ1) is 19.0. The third-order valence-corrected chi connectivity index (χ3v) is 4.50. The molecule has 1 aromatic heterocycles. The number of hydrogen-bond acceptors (Lipinski definition) is 5. The number of aromatic nitrogens is 2. The lowest BCUT2D eigenvalue weighted by Gasteiger charge is -2.15. The summed E-state index contributed by atoms with van der Waals surface area (Å²) in [5.74, 6) is -1.68. The van der Waals surface area contributed by atoms with Crippen molar-refractivity contribution in [3.63, 3.8) is 0 Å². The molecule has 10 nitrogen and oxygen atoms in total. The van der Waals surface area contributed by atoms with Crippen molar-refractivity contribution >= 4 is 23.5 Å². The number of nitrogens with zero attached hydrogens (tertiary/aromatic N) is 3. The molecular weight excluding hydrogens is 388 g/mol. The zero-order valence-electron chi connectivity index (χ0n) is 15.7. The topological polar surface area (TPSA) is 129 Å². The molecule has 0 unspecified atom stereocenters. The maximum atomic E-state index is 12.4. The van der Waals surface area contributed by atoms with Gasteiger partial charge in [-0.25, -0.2) is 9.48 Å². The Kier molecular flexibility index (Phi) is 5.04. The largest absolute Gasteiger partial charge is 0.504 e. The second kappa shape index (κ2) is 7.95. The van der Waals surface area contributed by atoms with Crippen LogP contribution in [0.2, 0.25) is 0 Å². The molecule has 0 atom stereocenters. The molecule has 0 radical (unpaired) electrons. The van der Waals surface area contributed by atoms with Crippen LogP contribution in [0, 0.1) is 0 Å². The molecule has 2 heterocycles. The Morgan fingerprint density at radius 2 is 1.73 bits per heavy atom. The Hall–Kier alpha value is -4.34. The standard InChI is InChI=1S/C20H18N6O4/c27-16-12-26(14-6-2-1-3-7-14)24-17(16)19(29)23-22-18(28)13-5-4-8-15(11-13)25-10-9-21-20(25)30/h1-8,11-12,27H,9-10H2,(H,21,30)(H,22,28)(H,23,29). The van der Waals surface area contributed by atoms with Crippen molar-refractivity contribution in [3.8, 4) is 11.4 Å². The van der Waals surface area contributed by atoms with Crippen LogP contribution in [0.1, 0.15) is 20.8 Å². The van der Waals surface area contributed by atoms with Gasteiger partial charge in [0.25, 0.3) is 11.8 Å². The number of urea groups is 1. The first-order chi connectivity index (χ1) is 14.5. The van der Waals surface area contributed by atoms with Gasteiger partial charge in [0.2, 0.25) is 0 Å². The van der Waals surface area contributed by atoms with Crippen molar-refractivity contribution in [2.45, 2.75) is 0 Å². The summed E-state index contributed by atoms with van der Waals surface area (Å²) in [5.41, 5.74) is 5.78.